The molecule has 3 aromatic heterocycles. The molecule has 8 heteroatoms. The van der Waals surface area contributed by atoms with Gasteiger partial charge < -0.3 is 19.3 Å². The third-order valence-corrected chi connectivity index (χ3v) is 5.38. The molecule has 0 saturated carbocycles. The Morgan fingerprint density at radius 1 is 1.23 bits per heavy atom. The number of amides is 1. The summed E-state index contributed by atoms with van der Waals surface area (Å²) in [5.74, 6) is -1.20. The highest BCUT2D eigenvalue weighted by molar-refractivity contribution is 6.46. The third kappa shape index (κ3) is 3.09. The summed E-state index contributed by atoms with van der Waals surface area (Å²) in [5.41, 5.74) is 2.61. The number of pyridine rings is 1. The summed E-state index contributed by atoms with van der Waals surface area (Å²) >= 11 is 0. The molecule has 1 atom stereocenters. The van der Waals surface area contributed by atoms with E-state index in [4.69, 9.17) is 4.42 Å². The minimum absolute atomic E-state index is 0.0140. The molecule has 1 aliphatic rings. The van der Waals surface area contributed by atoms with Crippen LogP contribution in [0, 0.1) is 13.8 Å². The summed E-state index contributed by atoms with van der Waals surface area (Å²) in [6.45, 7) is 4.59. The summed E-state index contributed by atoms with van der Waals surface area (Å²) in [4.78, 5) is 33.8. The van der Waals surface area contributed by atoms with Gasteiger partial charge in [0.2, 0.25) is 0 Å². The van der Waals surface area contributed by atoms with Gasteiger partial charge in [0.1, 0.15) is 23.1 Å². The number of aryl methyl sites for hydroxylation is 2. The lowest BCUT2D eigenvalue weighted by molar-refractivity contribution is -0.140. The monoisotopic (exact) mass is 408 g/mol. The van der Waals surface area contributed by atoms with Crippen LogP contribution in [0.15, 0.2) is 46.7 Å². The predicted octanol–water partition coefficient (Wildman–Crippen LogP) is 2.53. The van der Waals surface area contributed by atoms with Gasteiger partial charge in [0.15, 0.2) is 5.76 Å². The molecule has 0 unspecified atom stereocenters. The average molecular weight is 408 g/mol. The summed E-state index contributed by atoms with van der Waals surface area (Å²) < 4.78 is 7.30. The topological polar surface area (TPSA) is 91.3 Å². The maximum atomic E-state index is 13.0. The Labute approximate surface area is 174 Å². The van der Waals surface area contributed by atoms with Crippen molar-refractivity contribution in [1.29, 1.82) is 0 Å². The Morgan fingerprint density at radius 3 is 2.67 bits per heavy atom. The number of aliphatic hydroxyl groups excluding tert-OH is 1. The molecular weight excluding hydrogens is 384 g/mol. The minimum Gasteiger partial charge on any atom is -0.505 e. The fraction of sp³-hybridized carbons (Fsp3) is 0.318. The van der Waals surface area contributed by atoms with Crippen LogP contribution in [0.5, 0.6) is 0 Å². The smallest absolute Gasteiger partial charge is 0.295 e. The molecule has 3 aromatic rings. The molecule has 0 radical (unpaired) electrons. The van der Waals surface area contributed by atoms with E-state index in [0.717, 1.165) is 5.56 Å². The average Bonchev–Trinajstić information content (AvgIpc) is 3.38. The molecule has 0 spiro atoms. The molecule has 4 heterocycles. The second-order valence-electron chi connectivity index (χ2n) is 7.74. The number of carbonyl (C=O) groups is 2. The van der Waals surface area contributed by atoms with Crippen LogP contribution in [-0.2, 0) is 9.59 Å². The number of Topliss-reactive ketones (excluding diaryl/α,β-unsaturated/α-hetero) is 1. The van der Waals surface area contributed by atoms with Crippen molar-refractivity contribution >= 4 is 23.1 Å². The lowest BCUT2D eigenvalue weighted by atomic mass is 10.0. The number of likely N-dealkylation sites (N-methyl/N-ethyl adjacent to an activating group) is 1. The Bertz CT molecular complexity index is 1160. The van der Waals surface area contributed by atoms with Crippen molar-refractivity contribution in [3.8, 4) is 0 Å². The largest absolute Gasteiger partial charge is 0.505 e. The van der Waals surface area contributed by atoms with Gasteiger partial charge in [-0.3, -0.25) is 14.0 Å². The van der Waals surface area contributed by atoms with Gasteiger partial charge in [-0.25, -0.2) is 4.98 Å². The number of ketones is 1. The fourth-order valence-corrected chi connectivity index (χ4v) is 3.89. The number of hydrogen-bond acceptors (Lipinski definition) is 6. The number of carbonyl (C=O) groups excluding carboxylic acids is 2. The van der Waals surface area contributed by atoms with Crippen LogP contribution in [0.25, 0.3) is 11.4 Å². The molecule has 1 fully saturated rings. The number of nitrogens with zero attached hydrogens (tertiary/aromatic N) is 4. The lowest BCUT2D eigenvalue weighted by Gasteiger charge is -2.24. The van der Waals surface area contributed by atoms with E-state index in [1.165, 1.54) is 11.2 Å². The molecule has 0 bridgehead atoms. The van der Waals surface area contributed by atoms with E-state index in [1.807, 2.05) is 38.1 Å². The van der Waals surface area contributed by atoms with E-state index < -0.39 is 17.7 Å². The van der Waals surface area contributed by atoms with Gasteiger partial charge in [-0.2, -0.15) is 0 Å². The van der Waals surface area contributed by atoms with E-state index in [9.17, 15) is 14.7 Å². The normalized spacial score (nSPS) is 18.8. The number of aliphatic hydroxyl groups is 1. The van der Waals surface area contributed by atoms with Gasteiger partial charge in [0.05, 0.1) is 17.5 Å². The quantitative estimate of drug-likeness (QED) is 0.396. The Hall–Kier alpha value is -3.39. The van der Waals surface area contributed by atoms with Gasteiger partial charge in [-0.05, 0) is 51.7 Å². The molecule has 156 valence electrons. The van der Waals surface area contributed by atoms with E-state index in [2.05, 4.69) is 4.98 Å². The number of aromatic nitrogens is 2. The number of likely N-dealkylation sites (tertiary alicyclic amines) is 1. The first-order chi connectivity index (χ1) is 14.3. The highest BCUT2D eigenvalue weighted by Crippen LogP contribution is 2.40. The van der Waals surface area contributed by atoms with Crippen LogP contribution in [0.3, 0.4) is 0 Å². The van der Waals surface area contributed by atoms with Crippen molar-refractivity contribution in [2.24, 2.45) is 0 Å². The van der Waals surface area contributed by atoms with Crippen LogP contribution in [-0.4, -0.2) is 63.2 Å². The van der Waals surface area contributed by atoms with E-state index >= 15 is 0 Å². The van der Waals surface area contributed by atoms with Gasteiger partial charge >= 0.3 is 0 Å². The molecule has 1 saturated heterocycles. The van der Waals surface area contributed by atoms with Gasteiger partial charge in [-0.1, -0.05) is 6.07 Å². The van der Waals surface area contributed by atoms with Gasteiger partial charge in [-0.15, -0.1) is 0 Å². The first-order valence-electron chi connectivity index (χ1n) is 9.72. The Balaban J connectivity index is 1.92. The SMILES string of the molecule is Cc1nc2c(C)cccn2c1C(O)=C1C(=O)C(=O)N(CCN(C)C)[C@@H]1c1ccco1. The maximum Gasteiger partial charge on any atom is 0.295 e. The first-order valence-corrected chi connectivity index (χ1v) is 9.72. The molecule has 0 aliphatic carbocycles. The van der Waals surface area contributed by atoms with E-state index in [-0.39, 0.29) is 11.3 Å². The zero-order valence-corrected chi connectivity index (χ0v) is 17.4. The van der Waals surface area contributed by atoms with Gasteiger partial charge in [0, 0.05) is 19.3 Å². The highest BCUT2D eigenvalue weighted by Gasteiger charge is 2.47. The fourth-order valence-electron chi connectivity index (χ4n) is 3.89. The summed E-state index contributed by atoms with van der Waals surface area (Å²) in [6.07, 6.45) is 3.27. The van der Waals surface area contributed by atoms with Crippen molar-refractivity contribution in [3.63, 3.8) is 0 Å². The standard InChI is InChI=1S/C22H24N4O4/c1-13-7-5-9-25-17(14(2)23-21(13)25)19(27)16-18(15-8-6-12-30-15)26(11-10-24(3)4)22(29)20(16)28/h5-9,12,18,27H,10-11H2,1-4H3/t18-/m1/s1. The van der Waals surface area contributed by atoms with Crippen LogP contribution < -0.4 is 0 Å². The van der Waals surface area contributed by atoms with Crippen molar-refractivity contribution in [2.45, 2.75) is 19.9 Å². The van der Waals surface area contributed by atoms with E-state index in [0.29, 0.717) is 35.9 Å². The Morgan fingerprint density at radius 2 is 2.00 bits per heavy atom. The van der Waals surface area contributed by atoms with Crippen molar-refractivity contribution in [3.05, 3.63) is 65.0 Å². The molecule has 1 aliphatic heterocycles. The second-order valence-corrected chi connectivity index (χ2v) is 7.74. The predicted molar refractivity (Wildman–Crippen MR) is 111 cm³/mol. The van der Waals surface area contributed by atoms with Crippen LogP contribution in [0.1, 0.15) is 28.8 Å². The molecule has 1 amide bonds. The molecule has 0 aromatic carbocycles. The highest BCUT2D eigenvalue weighted by atomic mass is 16.3. The zero-order chi connectivity index (χ0) is 21.6. The first kappa shape index (κ1) is 19.9. The summed E-state index contributed by atoms with van der Waals surface area (Å²) in [6, 6.07) is 6.38. The molecule has 1 N–H and O–H groups in total. The molecule has 8 nitrogen and oxygen atoms in total. The molecule has 4 rings (SSSR count). The van der Waals surface area contributed by atoms with E-state index in [1.54, 1.807) is 29.7 Å². The van der Waals surface area contributed by atoms with Crippen LogP contribution >= 0.6 is 0 Å². The number of rotatable bonds is 5. The molecule has 30 heavy (non-hydrogen) atoms. The summed E-state index contributed by atoms with van der Waals surface area (Å²) in [5, 5.41) is 11.3. The van der Waals surface area contributed by atoms with Crippen LogP contribution in [0.2, 0.25) is 0 Å². The van der Waals surface area contributed by atoms with Crippen molar-refractivity contribution in [1.82, 2.24) is 19.2 Å². The molecular formula is C22H24N4O4. The Kier molecular flexibility index (Phi) is 4.95. The number of imidazole rings is 1. The van der Waals surface area contributed by atoms with Gasteiger partial charge in [0.25, 0.3) is 11.7 Å². The maximum absolute atomic E-state index is 13.0. The van der Waals surface area contributed by atoms with Crippen molar-refractivity contribution in [2.75, 3.05) is 27.2 Å². The minimum atomic E-state index is -0.797. The number of furan rings is 1. The second kappa shape index (κ2) is 7.46. The lowest BCUT2D eigenvalue weighted by Crippen LogP contribution is -2.35. The zero-order valence-electron chi connectivity index (χ0n) is 17.4. The van der Waals surface area contributed by atoms with Crippen molar-refractivity contribution < 1.29 is 19.1 Å². The third-order valence-electron chi connectivity index (χ3n) is 5.38. The number of fused-ring (bicyclic) bond motifs is 1. The summed E-state index contributed by atoms with van der Waals surface area (Å²) in [7, 11) is 3.78. The number of hydrogen-bond donors (Lipinski definition) is 1. The van der Waals surface area contributed by atoms with Crippen LogP contribution in [0.4, 0.5) is 0 Å².